The van der Waals surface area contributed by atoms with Gasteiger partial charge in [0, 0.05) is 34.1 Å². The van der Waals surface area contributed by atoms with Gasteiger partial charge in [0.1, 0.15) is 18.0 Å². The molecule has 1 unspecified atom stereocenters. The van der Waals surface area contributed by atoms with E-state index < -0.39 is 5.92 Å². The molecule has 1 amide bonds. The Bertz CT molecular complexity index is 1130. The van der Waals surface area contributed by atoms with Gasteiger partial charge in [-0.1, -0.05) is 57.0 Å². The second-order valence-electron chi connectivity index (χ2n) is 7.41. The fourth-order valence-electron chi connectivity index (χ4n) is 3.66. The number of nitrogens with one attached hydrogen (secondary N) is 1. The molecule has 0 bridgehead atoms. The van der Waals surface area contributed by atoms with Crippen LogP contribution in [0.4, 0.5) is 4.39 Å². The van der Waals surface area contributed by atoms with E-state index in [9.17, 15) is 14.0 Å². The molecule has 0 radical (unpaired) electrons. The molecule has 1 N–H and O–H groups in total. The molecule has 2 aromatic carbocycles. The molecule has 0 aliphatic heterocycles. The van der Waals surface area contributed by atoms with Crippen molar-refractivity contribution in [3.8, 4) is 11.3 Å². The number of pyridine rings is 1. The van der Waals surface area contributed by atoms with Crippen molar-refractivity contribution in [1.29, 1.82) is 0 Å². The minimum Gasteiger partial charge on any atom is -0.356 e. The first-order chi connectivity index (χ1) is 17.3. The SMILES string of the molecule is CC.CC.CCNC(=O)C(c1cc(CCC=O)cc(-c2ccc(F)cc2C)n1)c1c(Cl)cccc1Cl. The van der Waals surface area contributed by atoms with Crippen LogP contribution in [-0.4, -0.2) is 23.7 Å². The van der Waals surface area contributed by atoms with Gasteiger partial charge in [-0.25, -0.2) is 4.39 Å². The number of halogens is 3. The third kappa shape index (κ3) is 8.14. The van der Waals surface area contributed by atoms with Crippen LogP contribution in [0.3, 0.4) is 0 Å². The van der Waals surface area contributed by atoms with Crippen LogP contribution in [0.5, 0.6) is 0 Å². The molecule has 0 aliphatic carbocycles. The Morgan fingerprint density at radius 3 is 2.25 bits per heavy atom. The molecule has 7 heteroatoms. The van der Waals surface area contributed by atoms with Gasteiger partial charge in [0.25, 0.3) is 0 Å². The number of hydrogen-bond acceptors (Lipinski definition) is 3. The highest BCUT2D eigenvalue weighted by atomic mass is 35.5. The van der Waals surface area contributed by atoms with Gasteiger partial charge in [0.2, 0.25) is 5.91 Å². The molecule has 0 spiro atoms. The van der Waals surface area contributed by atoms with Crippen LogP contribution in [0.15, 0.2) is 48.5 Å². The van der Waals surface area contributed by atoms with Crippen LogP contribution in [0.2, 0.25) is 10.0 Å². The van der Waals surface area contributed by atoms with Crippen molar-refractivity contribution in [1.82, 2.24) is 10.3 Å². The molecular formula is C29H35Cl2FN2O2. The molecule has 0 saturated carbocycles. The first-order valence-electron chi connectivity index (χ1n) is 12.3. The Balaban J connectivity index is 0.00000154. The van der Waals surface area contributed by atoms with E-state index in [0.717, 1.165) is 17.4 Å². The van der Waals surface area contributed by atoms with Gasteiger partial charge >= 0.3 is 0 Å². The van der Waals surface area contributed by atoms with E-state index in [0.29, 0.717) is 51.9 Å². The van der Waals surface area contributed by atoms with Crippen LogP contribution in [0.25, 0.3) is 11.3 Å². The lowest BCUT2D eigenvalue weighted by molar-refractivity contribution is -0.121. The summed E-state index contributed by atoms with van der Waals surface area (Å²) >= 11 is 12.9. The first-order valence-corrected chi connectivity index (χ1v) is 13.0. The summed E-state index contributed by atoms with van der Waals surface area (Å²) in [7, 11) is 0. The summed E-state index contributed by atoms with van der Waals surface area (Å²) in [6.07, 6.45) is 1.64. The zero-order valence-corrected chi connectivity index (χ0v) is 23.3. The molecule has 3 aromatic rings. The molecule has 0 saturated heterocycles. The minimum atomic E-state index is -0.855. The van der Waals surface area contributed by atoms with Crippen molar-refractivity contribution in [2.75, 3.05) is 6.54 Å². The zero-order chi connectivity index (χ0) is 27.3. The number of aromatic nitrogens is 1. The van der Waals surface area contributed by atoms with Crippen molar-refractivity contribution < 1.29 is 14.0 Å². The summed E-state index contributed by atoms with van der Waals surface area (Å²) in [6, 6.07) is 13.2. The maximum absolute atomic E-state index is 13.7. The lowest BCUT2D eigenvalue weighted by atomic mass is 9.91. The number of hydrogen-bond donors (Lipinski definition) is 1. The van der Waals surface area contributed by atoms with E-state index in [1.165, 1.54) is 12.1 Å². The van der Waals surface area contributed by atoms with Gasteiger partial charge < -0.3 is 10.1 Å². The van der Waals surface area contributed by atoms with Gasteiger partial charge in [-0.15, -0.1) is 0 Å². The van der Waals surface area contributed by atoms with Crippen LogP contribution in [0, 0.1) is 12.7 Å². The third-order valence-electron chi connectivity index (χ3n) is 5.12. The number of carbonyl (C=O) groups excluding carboxylic acids is 2. The standard InChI is InChI=1S/C25H23Cl2FN2O2.2C2H6/c1-3-29-25(32)24(23-19(26)7-4-8-20(23)27)22-14-16(6-5-11-31)13-21(30-22)18-10-9-17(28)12-15(18)2;2*1-2/h4,7-14,24H,3,5-6H2,1-2H3,(H,29,32);2*1-2H3. The van der Waals surface area contributed by atoms with Crippen LogP contribution in [0.1, 0.15) is 69.3 Å². The maximum Gasteiger partial charge on any atom is 0.233 e. The van der Waals surface area contributed by atoms with Crippen molar-refractivity contribution in [3.63, 3.8) is 0 Å². The van der Waals surface area contributed by atoms with E-state index in [1.807, 2.05) is 40.7 Å². The van der Waals surface area contributed by atoms with Crippen molar-refractivity contribution >= 4 is 35.4 Å². The highest BCUT2D eigenvalue weighted by molar-refractivity contribution is 6.36. The number of aryl methyl sites for hydroxylation is 2. The monoisotopic (exact) mass is 532 g/mol. The summed E-state index contributed by atoms with van der Waals surface area (Å²) in [5.41, 5.74) is 3.77. The summed E-state index contributed by atoms with van der Waals surface area (Å²) in [6.45, 7) is 12.0. The molecule has 0 aliphatic rings. The quantitative estimate of drug-likeness (QED) is 0.299. The maximum atomic E-state index is 13.7. The van der Waals surface area contributed by atoms with Crippen LogP contribution >= 0.6 is 23.2 Å². The molecule has 1 heterocycles. The van der Waals surface area contributed by atoms with Crippen molar-refractivity contribution in [2.45, 2.75) is 60.3 Å². The van der Waals surface area contributed by atoms with Crippen LogP contribution < -0.4 is 5.32 Å². The Kier molecular flexibility index (Phi) is 14.0. The Hall–Kier alpha value is -2.76. The smallest absolute Gasteiger partial charge is 0.233 e. The number of rotatable bonds is 8. The highest BCUT2D eigenvalue weighted by Gasteiger charge is 2.29. The van der Waals surface area contributed by atoms with E-state index in [1.54, 1.807) is 37.3 Å². The van der Waals surface area contributed by atoms with E-state index in [2.05, 4.69) is 5.32 Å². The number of carbonyl (C=O) groups is 2. The van der Waals surface area contributed by atoms with Gasteiger partial charge in [-0.2, -0.15) is 0 Å². The third-order valence-corrected chi connectivity index (χ3v) is 5.78. The molecule has 4 nitrogen and oxygen atoms in total. The number of benzene rings is 2. The van der Waals surface area contributed by atoms with E-state index in [-0.39, 0.29) is 11.7 Å². The lowest BCUT2D eigenvalue weighted by Crippen LogP contribution is -2.30. The summed E-state index contributed by atoms with van der Waals surface area (Å²) < 4.78 is 13.7. The number of aldehydes is 1. The topological polar surface area (TPSA) is 59.1 Å². The fraction of sp³-hybridized carbons (Fsp3) is 0.345. The highest BCUT2D eigenvalue weighted by Crippen LogP contribution is 2.37. The van der Waals surface area contributed by atoms with E-state index >= 15 is 0 Å². The molecule has 36 heavy (non-hydrogen) atoms. The average molecular weight is 534 g/mol. The van der Waals surface area contributed by atoms with Gasteiger partial charge in [-0.05, 0) is 73.9 Å². The Morgan fingerprint density at radius 1 is 1.06 bits per heavy atom. The normalized spacial score (nSPS) is 10.8. The van der Waals surface area contributed by atoms with Gasteiger partial charge in [0.05, 0.1) is 11.4 Å². The molecule has 194 valence electrons. The second-order valence-corrected chi connectivity index (χ2v) is 8.23. The second kappa shape index (κ2) is 16.1. The van der Waals surface area contributed by atoms with Crippen molar-refractivity contribution in [3.05, 3.63) is 86.8 Å². The van der Waals surface area contributed by atoms with Crippen molar-refractivity contribution in [2.24, 2.45) is 0 Å². The predicted molar refractivity (Wildman–Crippen MR) is 148 cm³/mol. The predicted octanol–water partition coefficient (Wildman–Crippen LogP) is 7.95. The molecule has 1 aromatic heterocycles. The van der Waals surface area contributed by atoms with Gasteiger partial charge in [0.15, 0.2) is 0 Å². The number of amides is 1. The summed E-state index contributed by atoms with van der Waals surface area (Å²) in [5, 5.41) is 3.55. The molecule has 0 fully saturated rings. The summed E-state index contributed by atoms with van der Waals surface area (Å²) in [4.78, 5) is 28.9. The fourth-order valence-corrected chi connectivity index (χ4v) is 4.27. The van der Waals surface area contributed by atoms with E-state index in [4.69, 9.17) is 28.2 Å². The number of nitrogens with zero attached hydrogens (tertiary/aromatic N) is 1. The Labute approximate surface area is 224 Å². The lowest BCUT2D eigenvalue weighted by Gasteiger charge is -2.21. The van der Waals surface area contributed by atoms with Crippen LogP contribution in [-0.2, 0) is 16.0 Å². The molecule has 3 rings (SSSR count). The molecular weight excluding hydrogens is 498 g/mol. The van der Waals surface area contributed by atoms with Gasteiger partial charge in [-0.3, -0.25) is 9.78 Å². The number of likely N-dealkylation sites (N-methyl/N-ethyl adjacent to an activating group) is 1. The molecule has 1 atom stereocenters. The Morgan fingerprint density at radius 2 is 1.69 bits per heavy atom. The zero-order valence-electron chi connectivity index (χ0n) is 21.8. The minimum absolute atomic E-state index is 0.288. The first kappa shape index (κ1) is 31.3. The largest absolute Gasteiger partial charge is 0.356 e. The average Bonchev–Trinajstić information content (AvgIpc) is 2.87. The summed E-state index contributed by atoms with van der Waals surface area (Å²) in [5.74, 6) is -1.48.